The van der Waals surface area contributed by atoms with E-state index in [1.165, 1.54) is 0 Å². The molecule has 5 amide bonds. The van der Waals surface area contributed by atoms with E-state index in [4.69, 9.17) is 11.1 Å². The van der Waals surface area contributed by atoms with Gasteiger partial charge in [-0.25, -0.2) is 0 Å². The van der Waals surface area contributed by atoms with Crippen molar-refractivity contribution in [2.75, 3.05) is 13.1 Å². The van der Waals surface area contributed by atoms with Gasteiger partial charge >= 0.3 is 5.97 Å². The fraction of sp³-hybridized carbons (Fsp3) is 0.500. The minimum absolute atomic E-state index is 0.0183. The summed E-state index contributed by atoms with van der Waals surface area (Å²) in [6, 6.07) is 3.78. The minimum Gasteiger partial charge on any atom is -0.481 e. The molecule has 10 N–H and O–H groups in total. The number of carboxylic acids is 1. The van der Waals surface area contributed by atoms with Crippen molar-refractivity contribution in [1.29, 1.82) is 5.41 Å². The van der Waals surface area contributed by atoms with E-state index in [9.17, 15) is 33.9 Å². The Kier molecular flexibility index (Phi) is 12.5. The quantitative estimate of drug-likeness (QED) is 0.0872. The molecule has 0 unspecified atom stereocenters. The molecule has 0 saturated carbocycles. The number of carbonyl (C=O) groups is 6. The molecule has 4 atom stereocenters. The Bertz CT molecular complexity index is 1130. The Morgan fingerprint density at radius 2 is 1.59 bits per heavy atom. The molecule has 1 aliphatic heterocycles. The average molecular weight is 575 g/mol. The highest BCUT2D eigenvalue weighted by molar-refractivity contribution is 5.98. The molecule has 0 aliphatic carbocycles. The molecule has 15 nitrogen and oxygen atoms in total. The zero-order valence-electron chi connectivity index (χ0n) is 23.0. The van der Waals surface area contributed by atoms with Gasteiger partial charge in [0.25, 0.3) is 0 Å². The summed E-state index contributed by atoms with van der Waals surface area (Å²) in [5.41, 5.74) is 5.97. The number of hydrogen-bond donors (Lipinski definition) is 9. The molecular formula is C26H38N8O7. The van der Waals surface area contributed by atoms with Gasteiger partial charge in [0, 0.05) is 13.0 Å². The lowest BCUT2D eigenvalue weighted by Crippen LogP contribution is -2.59. The first-order valence-electron chi connectivity index (χ1n) is 13.2. The maximum Gasteiger partial charge on any atom is 0.305 e. The summed E-state index contributed by atoms with van der Waals surface area (Å²) in [5.74, 6) is -5.88. The largest absolute Gasteiger partial charge is 0.481 e. The minimum atomic E-state index is -1.54. The van der Waals surface area contributed by atoms with E-state index in [0.717, 1.165) is 0 Å². The number of aliphatic carboxylic acids is 1. The van der Waals surface area contributed by atoms with Crippen LogP contribution in [0.15, 0.2) is 30.3 Å². The van der Waals surface area contributed by atoms with Gasteiger partial charge in [0.05, 0.1) is 13.0 Å². The molecule has 2 rings (SSSR count). The average Bonchev–Trinajstić information content (AvgIpc) is 2.90. The first-order chi connectivity index (χ1) is 19.4. The lowest BCUT2D eigenvalue weighted by molar-refractivity contribution is -0.141. The van der Waals surface area contributed by atoms with E-state index < -0.39 is 78.6 Å². The van der Waals surface area contributed by atoms with Crippen molar-refractivity contribution in [2.45, 2.75) is 63.7 Å². The molecule has 1 heterocycles. The molecule has 0 spiro atoms. The molecule has 1 aromatic rings. The van der Waals surface area contributed by atoms with Crippen LogP contribution in [0, 0.1) is 11.3 Å². The van der Waals surface area contributed by atoms with Gasteiger partial charge in [-0.15, -0.1) is 0 Å². The van der Waals surface area contributed by atoms with Crippen molar-refractivity contribution in [1.82, 2.24) is 31.9 Å². The summed E-state index contributed by atoms with van der Waals surface area (Å²) < 4.78 is 0. The van der Waals surface area contributed by atoms with Crippen LogP contribution in [0.2, 0.25) is 0 Å². The van der Waals surface area contributed by atoms with Crippen molar-refractivity contribution in [3.05, 3.63) is 35.9 Å². The zero-order valence-corrected chi connectivity index (χ0v) is 23.0. The second kappa shape index (κ2) is 15.8. The summed E-state index contributed by atoms with van der Waals surface area (Å²) in [4.78, 5) is 76.8. The molecule has 1 aliphatic rings. The van der Waals surface area contributed by atoms with Crippen LogP contribution < -0.4 is 37.6 Å². The highest BCUT2D eigenvalue weighted by Crippen LogP contribution is 2.09. The lowest BCUT2D eigenvalue weighted by Gasteiger charge is -2.27. The van der Waals surface area contributed by atoms with Crippen molar-refractivity contribution in [3.63, 3.8) is 0 Å². The predicted octanol–water partition coefficient (Wildman–Crippen LogP) is -2.31. The smallest absolute Gasteiger partial charge is 0.305 e. The van der Waals surface area contributed by atoms with Gasteiger partial charge in [-0.2, -0.15) is 0 Å². The van der Waals surface area contributed by atoms with E-state index in [-0.39, 0.29) is 25.3 Å². The van der Waals surface area contributed by atoms with Crippen LogP contribution in [0.25, 0.3) is 0 Å². The van der Waals surface area contributed by atoms with E-state index in [2.05, 4.69) is 31.9 Å². The maximum absolute atomic E-state index is 13.4. The molecule has 1 saturated heterocycles. The molecule has 41 heavy (non-hydrogen) atoms. The third-order valence-electron chi connectivity index (χ3n) is 6.23. The Balaban J connectivity index is 2.41. The Morgan fingerprint density at radius 1 is 0.951 bits per heavy atom. The summed E-state index contributed by atoms with van der Waals surface area (Å²) >= 11 is 0. The van der Waals surface area contributed by atoms with Crippen molar-refractivity contribution < 1.29 is 33.9 Å². The number of carbonyl (C=O) groups excluding carboxylic acids is 5. The fourth-order valence-corrected chi connectivity index (χ4v) is 4.10. The van der Waals surface area contributed by atoms with Gasteiger partial charge in [0.2, 0.25) is 29.5 Å². The van der Waals surface area contributed by atoms with E-state index in [1.54, 1.807) is 44.2 Å². The van der Waals surface area contributed by atoms with Crippen LogP contribution in [0.4, 0.5) is 0 Å². The van der Waals surface area contributed by atoms with Gasteiger partial charge in [-0.3, -0.25) is 34.2 Å². The molecule has 224 valence electrons. The summed E-state index contributed by atoms with van der Waals surface area (Å²) in [6.45, 7) is 3.03. The molecule has 0 radical (unpaired) electrons. The summed E-state index contributed by atoms with van der Waals surface area (Å²) in [5, 5.41) is 31.6. The van der Waals surface area contributed by atoms with E-state index in [1.807, 2.05) is 0 Å². The molecule has 0 aromatic heterocycles. The van der Waals surface area contributed by atoms with Crippen LogP contribution in [-0.2, 0) is 35.2 Å². The molecule has 15 heteroatoms. The predicted molar refractivity (Wildman–Crippen MR) is 147 cm³/mol. The third-order valence-corrected chi connectivity index (χ3v) is 6.23. The number of nitrogens with one attached hydrogen (secondary N) is 7. The van der Waals surface area contributed by atoms with Crippen LogP contribution >= 0.6 is 0 Å². The number of carboxylic acid groups (broad SMARTS) is 1. The topological polar surface area (TPSA) is 245 Å². The Hall–Kier alpha value is -4.69. The number of benzene rings is 1. The third kappa shape index (κ3) is 11.1. The van der Waals surface area contributed by atoms with Crippen LogP contribution in [-0.4, -0.2) is 83.8 Å². The van der Waals surface area contributed by atoms with Crippen LogP contribution in [0.1, 0.15) is 38.7 Å². The molecule has 0 bridgehead atoms. The normalized spacial score (nSPS) is 22.7. The highest BCUT2D eigenvalue weighted by Gasteiger charge is 2.34. The van der Waals surface area contributed by atoms with Crippen molar-refractivity contribution >= 4 is 41.5 Å². The monoisotopic (exact) mass is 574 g/mol. The number of hydrogen-bond acceptors (Lipinski definition) is 7. The Labute approximate surface area is 237 Å². The van der Waals surface area contributed by atoms with Crippen molar-refractivity contribution in [2.24, 2.45) is 11.7 Å². The van der Waals surface area contributed by atoms with Gasteiger partial charge < -0.3 is 42.7 Å². The lowest BCUT2D eigenvalue weighted by atomic mass is 10.00. The SMILES string of the molecule is CC(C)[C@H]1NC(=O)[C@H](Cc2ccccc2)NC(=O)[C@H](CC(=O)O)NC(=O)CNC(=O)[C@H](CCCNC(=N)N)NC1=O. The van der Waals surface area contributed by atoms with Gasteiger partial charge in [-0.1, -0.05) is 44.2 Å². The first-order valence-corrected chi connectivity index (χ1v) is 13.2. The number of amides is 5. The number of rotatable bonds is 9. The Morgan fingerprint density at radius 3 is 2.20 bits per heavy atom. The van der Waals surface area contributed by atoms with Crippen LogP contribution in [0.5, 0.6) is 0 Å². The summed E-state index contributed by atoms with van der Waals surface area (Å²) in [7, 11) is 0. The maximum atomic E-state index is 13.4. The zero-order chi connectivity index (χ0) is 30.5. The molecule has 1 fully saturated rings. The van der Waals surface area contributed by atoms with Gasteiger partial charge in [0.1, 0.15) is 24.2 Å². The second-order valence-corrected chi connectivity index (χ2v) is 9.96. The van der Waals surface area contributed by atoms with Gasteiger partial charge in [0.15, 0.2) is 5.96 Å². The number of nitrogens with two attached hydrogens (primary N) is 1. The number of guanidine groups is 1. The second-order valence-electron chi connectivity index (χ2n) is 9.96. The summed E-state index contributed by atoms with van der Waals surface area (Å²) in [6.07, 6.45) is -0.326. The highest BCUT2D eigenvalue weighted by atomic mass is 16.4. The first kappa shape index (κ1) is 32.5. The molecule has 1 aromatic carbocycles. The van der Waals surface area contributed by atoms with E-state index in [0.29, 0.717) is 12.0 Å². The standard InChI is InChI=1S/C26H38N8O7/c1-14(2)21-25(41)32-16(9-6-10-29-26(27)28)22(38)30-13-19(35)31-18(12-20(36)37)23(39)33-17(24(40)34-21)11-15-7-4-3-5-8-15/h3-5,7-8,14,16-18,21H,6,9-13H2,1-2H3,(H,30,38)(H,31,35)(H,32,41)(H,33,39)(H,34,40)(H,36,37)(H4,27,28,29)/t16-,17-,18-,21+/m0/s1. The fourth-order valence-electron chi connectivity index (χ4n) is 4.10. The van der Waals surface area contributed by atoms with Crippen molar-refractivity contribution in [3.8, 4) is 0 Å². The van der Waals surface area contributed by atoms with Gasteiger partial charge in [-0.05, 0) is 24.3 Å². The molecular weight excluding hydrogens is 536 g/mol. The van der Waals surface area contributed by atoms with E-state index >= 15 is 0 Å². The van der Waals surface area contributed by atoms with Crippen LogP contribution in [0.3, 0.4) is 0 Å².